The van der Waals surface area contributed by atoms with E-state index in [1.165, 1.54) is 31.5 Å². The molecule has 0 bridgehead atoms. The zero-order chi connectivity index (χ0) is 12.3. The summed E-state index contributed by atoms with van der Waals surface area (Å²) in [6.45, 7) is 5.78. The first-order valence-corrected chi connectivity index (χ1v) is 7.06. The largest absolute Gasteiger partial charge is 0.314 e. The summed E-state index contributed by atoms with van der Waals surface area (Å²) in [6, 6.07) is 8.65. The molecule has 0 aromatic heterocycles. The van der Waals surface area contributed by atoms with Gasteiger partial charge in [0.05, 0.1) is 0 Å². The van der Waals surface area contributed by atoms with Gasteiger partial charge in [0.1, 0.15) is 0 Å². The summed E-state index contributed by atoms with van der Waals surface area (Å²) in [5.41, 5.74) is 1.75. The number of benzene rings is 1. The molecule has 2 rings (SSSR count). The summed E-state index contributed by atoms with van der Waals surface area (Å²) >= 11 is 3.47. The quantitative estimate of drug-likeness (QED) is 0.922. The van der Waals surface area contributed by atoms with Crippen molar-refractivity contribution in [2.24, 2.45) is 0 Å². The van der Waals surface area contributed by atoms with Gasteiger partial charge in [-0.15, -0.1) is 0 Å². The fourth-order valence-corrected chi connectivity index (χ4v) is 2.57. The Morgan fingerprint density at radius 1 is 1.24 bits per heavy atom. The minimum Gasteiger partial charge on any atom is -0.314 e. The number of likely N-dealkylation sites (tertiary alicyclic amines) is 1. The fourth-order valence-electron chi connectivity index (χ4n) is 2.30. The standard InChI is InChI=1S/C14H21BrN2/c1-14(16-2)7-9-17(10-8-14)11-12-3-5-13(15)6-4-12/h3-6,16H,7-11H2,1-2H3. The van der Waals surface area contributed by atoms with Crippen LogP contribution in [0.15, 0.2) is 28.7 Å². The van der Waals surface area contributed by atoms with Gasteiger partial charge in [0.15, 0.2) is 0 Å². The number of rotatable bonds is 3. The third-order valence-electron chi connectivity index (χ3n) is 3.88. The number of halogens is 1. The maximum Gasteiger partial charge on any atom is 0.0233 e. The van der Waals surface area contributed by atoms with Crippen molar-refractivity contribution >= 4 is 15.9 Å². The SMILES string of the molecule is CNC1(C)CCN(Cc2ccc(Br)cc2)CC1. The smallest absolute Gasteiger partial charge is 0.0233 e. The average Bonchev–Trinajstić information content (AvgIpc) is 2.35. The molecule has 0 radical (unpaired) electrons. The number of nitrogens with zero attached hydrogens (tertiary/aromatic N) is 1. The molecule has 94 valence electrons. The second-order valence-electron chi connectivity index (χ2n) is 5.21. The van der Waals surface area contributed by atoms with E-state index >= 15 is 0 Å². The van der Waals surface area contributed by atoms with Crippen molar-refractivity contribution in [2.75, 3.05) is 20.1 Å². The molecule has 0 spiro atoms. The molecule has 0 atom stereocenters. The fraction of sp³-hybridized carbons (Fsp3) is 0.571. The summed E-state index contributed by atoms with van der Waals surface area (Å²) in [4.78, 5) is 2.54. The van der Waals surface area contributed by atoms with Crippen LogP contribution in [0.3, 0.4) is 0 Å². The van der Waals surface area contributed by atoms with Crippen molar-refractivity contribution in [2.45, 2.75) is 31.8 Å². The molecular weight excluding hydrogens is 276 g/mol. The van der Waals surface area contributed by atoms with E-state index in [2.05, 4.69) is 64.4 Å². The molecule has 1 N–H and O–H groups in total. The monoisotopic (exact) mass is 296 g/mol. The summed E-state index contributed by atoms with van der Waals surface area (Å²) < 4.78 is 1.16. The second kappa shape index (κ2) is 5.51. The molecule has 1 aliphatic rings. The van der Waals surface area contributed by atoms with Gasteiger partial charge in [0, 0.05) is 29.6 Å². The highest BCUT2D eigenvalue weighted by atomic mass is 79.9. The van der Waals surface area contributed by atoms with Crippen LogP contribution in [-0.2, 0) is 6.54 Å². The van der Waals surface area contributed by atoms with Crippen molar-refractivity contribution in [3.63, 3.8) is 0 Å². The lowest BCUT2D eigenvalue weighted by Crippen LogP contribution is -2.49. The van der Waals surface area contributed by atoms with Crippen LogP contribution in [-0.4, -0.2) is 30.6 Å². The first kappa shape index (κ1) is 13.1. The van der Waals surface area contributed by atoms with Crippen LogP contribution in [0.1, 0.15) is 25.3 Å². The van der Waals surface area contributed by atoms with Crippen molar-refractivity contribution in [3.05, 3.63) is 34.3 Å². The molecule has 1 aliphatic heterocycles. The molecule has 2 nitrogen and oxygen atoms in total. The lowest BCUT2D eigenvalue weighted by Gasteiger charge is -2.39. The van der Waals surface area contributed by atoms with Crippen LogP contribution in [0.4, 0.5) is 0 Å². The summed E-state index contributed by atoms with van der Waals surface area (Å²) in [6.07, 6.45) is 2.47. The Labute approximate surface area is 113 Å². The van der Waals surface area contributed by atoms with Gasteiger partial charge in [-0.2, -0.15) is 0 Å². The highest BCUT2D eigenvalue weighted by Gasteiger charge is 2.27. The van der Waals surface area contributed by atoms with E-state index in [4.69, 9.17) is 0 Å². The van der Waals surface area contributed by atoms with Gasteiger partial charge in [-0.05, 0) is 44.5 Å². The molecule has 0 saturated carbocycles. The first-order valence-electron chi connectivity index (χ1n) is 6.27. The Morgan fingerprint density at radius 3 is 2.35 bits per heavy atom. The average molecular weight is 297 g/mol. The van der Waals surface area contributed by atoms with Crippen molar-refractivity contribution in [1.29, 1.82) is 0 Å². The third-order valence-corrected chi connectivity index (χ3v) is 4.41. The summed E-state index contributed by atoms with van der Waals surface area (Å²) in [5, 5.41) is 3.44. The van der Waals surface area contributed by atoms with Crippen LogP contribution in [0.2, 0.25) is 0 Å². The number of piperidine rings is 1. The Kier molecular flexibility index (Phi) is 4.23. The Bertz CT molecular complexity index is 353. The Morgan fingerprint density at radius 2 is 1.82 bits per heavy atom. The van der Waals surface area contributed by atoms with E-state index in [9.17, 15) is 0 Å². The van der Waals surface area contributed by atoms with E-state index in [1.54, 1.807) is 0 Å². The van der Waals surface area contributed by atoms with Crippen LogP contribution in [0.5, 0.6) is 0 Å². The molecule has 0 amide bonds. The topological polar surface area (TPSA) is 15.3 Å². The maximum absolute atomic E-state index is 3.47. The molecule has 17 heavy (non-hydrogen) atoms. The zero-order valence-corrected chi connectivity index (χ0v) is 12.3. The van der Waals surface area contributed by atoms with Gasteiger partial charge in [-0.1, -0.05) is 28.1 Å². The highest BCUT2D eigenvalue weighted by molar-refractivity contribution is 9.10. The number of nitrogens with one attached hydrogen (secondary N) is 1. The van der Waals surface area contributed by atoms with Gasteiger partial charge in [-0.3, -0.25) is 4.90 Å². The molecule has 0 aliphatic carbocycles. The Balaban J connectivity index is 1.88. The lowest BCUT2D eigenvalue weighted by atomic mass is 9.90. The van der Waals surface area contributed by atoms with Gasteiger partial charge in [-0.25, -0.2) is 0 Å². The predicted molar refractivity (Wildman–Crippen MR) is 76.1 cm³/mol. The molecule has 1 fully saturated rings. The maximum atomic E-state index is 3.47. The predicted octanol–water partition coefficient (Wildman–Crippen LogP) is 3.02. The van der Waals surface area contributed by atoms with Crippen LogP contribution in [0.25, 0.3) is 0 Å². The molecule has 3 heteroatoms. The highest BCUT2D eigenvalue weighted by Crippen LogP contribution is 2.22. The van der Waals surface area contributed by atoms with Gasteiger partial charge >= 0.3 is 0 Å². The first-order chi connectivity index (χ1) is 8.11. The molecule has 1 aromatic rings. The molecule has 1 aromatic carbocycles. The van der Waals surface area contributed by atoms with E-state index in [0.29, 0.717) is 5.54 Å². The second-order valence-corrected chi connectivity index (χ2v) is 6.13. The minimum absolute atomic E-state index is 0.343. The summed E-state index contributed by atoms with van der Waals surface area (Å²) in [5.74, 6) is 0. The lowest BCUT2D eigenvalue weighted by molar-refractivity contribution is 0.146. The molecule has 0 unspecified atom stereocenters. The van der Waals surface area contributed by atoms with Gasteiger partial charge < -0.3 is 5.32 Å². The van der Waals surface area contributed by atoms with Crippen molar-refractivity contribution < 1.29 is 0 Å². The van der Waals surface area contributed by atoms with E-state index in [0.717, 1.165) is 11.0 Å². The third kappa shape index (κ3) is 3.54. The van der Waals surface area contributed by atoms with E-state index in [-0.39, 0.29) is 0 Å². The molecule has 1 heterocycles. The van der Waals surface area contributed by atoms with Gasteiger partial charge in [0.25, 0.3) is 0 Å². The minimum atomic E-state index is 0.343. The normalized spacial score (nSPS) is 20.4. The molecule has 1 saturated heterocycles. The number of hydrogen-bond donors (Lipinski definition) is 1. The number of hydrogen-bond acceptors (Lipinski definition) is 2. The van der Waals surface area contributed by atoms with Crippen LogP contribution < -0.4 is 5.32 Å². The van der Waals surface area contributed by atoms with Crippen LogP contribution >= 0.6 is 15.9 Å². The molecular formula is C14H21BrN2. The summed E-state index contributed by atoms with van der Waals surface area (Å²) in [7, 11) is 2.07. The zero-order valence-electron chi connectivity index (χ0n) is 10.7. The van der Waals surface area contributed by atoms with E-state index < -0.39 is 0 Å². The van der Waals surface area contributed by atoms with Gasteiger partial charge in [0.2, 0.25) is 0 Å². The van der Waals surface area contributed by atoms with E-state index in [1.807, 2.05) is 0 Å². The Hall–Kier alpha value is -0.380. The van der Waals surface area contributed by atoms with Crippen LogP contribution in [0, 0.1) is 0 Å². The van der Waals surface area contributed by atoms with Crippen molar-refractivity contribution in [3.8, 4) is 0 Å². The van der Waals surface area contributed by atoms with Crippen molar-refractivity contribution in [1.82, 2.24) is 10.2 Å².